The standard InChI is InChI=1S/C17H18FN3O/c1-2-10-19-15-7-8-16(21-12-15)17(22)20-11-9-13-3-5-14(18)6-4-13/h2-8,12,19H,1,9-11H2,(H,20,22). The predicted octanol–water partition coefficient (Wildman–Crippen LogP) is 2.79. The highest BCUT2D eigenvalue weighted by atomic mass is 19.1. The van der Waals surface area contributed by atoms with E-state index in [1.54, 1.807) is 36.5 Å². The summed E-state index contributed by atoms with van der Waals surface area (Å²) in [5, 5.41) is 5.88. The molecule has 1 heterocycles. The molecule has 1 amide bonds. The van der Waals surface area contributed by atoms with E-state index in [0.29, 0.717) is 25.2 Å². The maximum Gasteiger partial charge on any atom is 0.269 e. The third-order valence-electron chi connectivity index (χ3n) is 3.06. The first-order chi connectivity index (χ1) is 10.7. The molecule has 22 heavy (non-hydrogen) atoms. The van der Waals surface area contributed by atoms with Gasteiger partial charge >= 0.3 is 0 Å². The number of carbonyl (C=O) groups is 1. The first kappa shape index (κ1) is 15.7. The van der Waals surface area contributed by atoms with Gasteiger partial charge in [-0.25, -0.2) is 9.37 Å². The largest absolute Gasteiger partial charge is 0.380 e. The van der Waals surface area contributed by atoms with Crippen molar-refractivity contribution >= 4 is 11.6 Å². The minimum Gasteiger partial charge on any atom is -0.380 e. The second kappa shape index (κ2) is 7.93. The monoisotopic (exact) mass is 299 g/mol. The maximum atomic E-state index is 12.8. The zero-order valence-electron chi connectivity index (χ0n) is 12.2. The van der Waals surface area contributed by atoms with Crippen LogP contribution >= 0.6 is 0 Å². The minimum absolute atomic E-state index is 0.225. The van der Waals surface area contributed by atoms with Crippen LogP contribution in [-0.4, -0.2) is 24.0 Å². The molecule has 2 aromatic rings. The van der Waals surface area contributed by atoms with E-state index in [0.717, 1.165) is 11.3 Å². The molecule has 0 spiro atoms. The second-order valence-corrected chi connectivity index (χ2v) is 4.73. The van der Waals surface area contributed by atoms with Crippen molar-refractivity contribution in [1.29, 1.82) is 0 Å². The molecule has 0 saturated carbocycles. The van der Waals surface area contributed by atoms with Crippen LogP contribution in [0.5, 0.6) is 0 Å². The van der Waals surface area contributed by atoms with Gasteiger partial charge in [-0.3, -0.25) is 4.79 Å². The van der Waals surface area contributed by atoms with Gasteiger partial charge in [-0.2, -0.15) is 0 Å². The first-order valence-corrected chi connectivity index (χ1v) is 7.02. The zero-order valence-corrected chi connectivity index (χ0v) is 12.2. The van der Waals surface area contributed by atoms with E-state index in [4.69, 9.17) is 0 Å². The SMILES string of the molecule is C=CCNc1ccc(C(=O)NCCc2ccc(F)cc2)nc1. The lowest BCUT2D eigenvalue weighted by atomic mass is 10.1. The summed E-state index contributed by atoms with van der Waals surface area (Å²) in [6, 6.07) is 9.70. The Morgan fingerprint density at radius 3 is 2.64 bits per heavy atom. The summed E-state index contributed by atoms with van der Waals surface area (Å²) < 4.78 is 12.8. The van der Waals surface area contributed by atoms with Crippen LogP contribution < -0.4 is 10.6 Å². The van der Waals surface area contributed by atoms with E-state index in [2.05, 4.69) is 22.2 Å². The van der Waals surface area contributed by atoms with Crippen LogP contribution in [-0.2, 0) is 6.42 Å². The summed E-state index contributed by atoms with van der Waals surface area (Å²) >= 11 is 0. The minimum atomic E-state index is -0.262. The summed E-state index contributed by atoms with van der Waals surface area (Å²) in [5.41, 5.74) is 2.17. The van der Waals surface area contributed by atoms with Gasteiger partial charge in [0.25, 0.3) is 5.91 Å². The van der Waals surface area contributed by atoms with Crippen molar-refractivity contribution in [1.82, 2.24) is 10.3 Å². The Labute approximate surface area is 129 Å². The quantitative estimate of drug-likeness (QED) is 0.773. The molecular weight excluding hydrogens is 281 g/mol. The maximum absolute atomic E-state index is 12.8. The number of aromatic nitrogens is 1. The Bertz CT molecular complexity index is 623. The fraction of sp³-hybridized carbons (Fsp3) is 0.176. The number of hydrogen-bond acceptors (Lipinski definition) is 3. The lowest BCUT2D eigenvalue weighted by molar-refractivity contribution is 0.0949. The fourth-order valence-corrected chi connectivity index (χ4v) is 1.88. The Balaban J connectivity index is 1.81. The van der Waals surface area contributed by atoms with Crippen molar-refractivity contribution in [3.63, 3.8) is 0 Å². The number of nitrogens with one attached hydrogen (secondary N) is 2. The molecule has 4 nitrogen and oxygen atoms in total. The highest BCUT2D eigenvalue weighted by Gasteiger charge is 2.06. The van der Waals surface area contributed by atoms with Gasteiger partial charge in [0, 0.05) is 13.1 Å². The highest BCUT2D eigenvalue weighted by Crippen LogP contribution is 2.06. The molecule has 5 heteroatoms. The molecule has 0 aliphatic carbocycles. The number of nitrogens with zero attached hydrogens (tertiary/aromatic N) is 1. The molecule has 2 N–H and O–H groups in total. The topological polar surface area (TPSA) is 54.0 Å². The number of carbonyl (C=O) groups excluding carboxylic acids is 1. The molecule has 1 aromatic carbocycles. The smallest absolute Gasteiger partial charge is 0.269 e. The van der Waals surface area contributed by atoms with E-state index in [1.807, 2.05) is 0 Å². The van der Waals surface area contributed by atoms with E-state index < -0.39 is 0 Å². The second-order valence-electron chi connectivity index (χ2n) is 4.73. The van der Waals surface area contributed by atoms with Gasteiger partial charge in [0.2, 0.25) is 0 Å². The van der Waals surface area contributed by atoms with Crippen LogP contribution in [0.15, 0.2) is 55.3 Å². The number of pyridine rings is 1. The Kier molecular flexibility index (Phi) is 5.65. The van der Waals surface area contributed by atoms with Crippen molar-refractivity contribution < 1.29 is 9.18 Å². The lowest BCUT2D eigenvalue weighted by Crippen LogP contribution is -2.26. The summed E-state index contributed by atoms with van der Waals surface area (Å²) in [6.07, 6.45) is 4.00. The molecule has 0 aliphatic heterocycles. The van der Waals surface area contributed by atoms with Crippen molar-refractivity contribution in [2.45, 2.75) is 6.42 Å². The van der Waals surface area contributed by atoms with E-state index >= 15 is 0 Å². The Hall–Kier alpha value is -2.69. The van der Waals surface area contributed by atoms with Gasteiger partial charge < -0.3 is 10.6 Å². The van der Waals surface area contributed by atoms with Crippen LogP contribution in [0.2, 0.25) is 0 Å². The number of halogens is 1. The zero-order chi connectivity index (χ0) is 15.8. The molecule has 0 atom stereocenters. The average molecular weight is 299 g/mol. The van der Waals surface area contributed by atoms with Crippen LogP contribution in [0, 0.1) is 5.82 Å². The number of rotatable bonds is 7. The highest BCUT2D eigenvalue weighted by molar-refractivity contribution is 5.92. The molecule has 114 valence electrons. The Morgan fingerprint density at radius 1 is 1.23 bits per heavy atom. The fourth-order valence-electron chi connectivity index (χ4n) is 1.88. The van der Waals surface area contributed by atoms with Gasteiger partial charge in [-0.05, 0) is 36.2 Å². The molecule has 2 rings (SSSR count). The van der Waals surface area contributed by atoms with E-state index in [1.165, 1.54) is 12.1 Å². The van der Waals surface area contributed by atoms with Crippen LogP contribution in [0.1, 0.15) is 16.1 Å². The van der Waals surface area contributed by atoms with Gasteiger partial charge in [-0.1, -0.05) is 18.2 Å². The van der Waals surface area contributed by atoms with Gasteiger partial charge in [0.15, 0.2) is 0 Å². The van der Waals surface area contributed by atoms with E-state index in [9.17, 15) is 9.18 Å². The molecule has 0 saturated heterocycles. The summed E-state index contributed by atoms with van der Waals surface area (Å²) in [6.45, 7) is 4.74. The van der Waals surface area contributed by atoms with Crippen LogP contribution in [0.3, 0.4) is 0 Å². The number of anilines is 1. The average Bonchev–Trinajstić information content (AvgIpc) is 2.55. The molecule has 0 fully saturated rings. The van der Waals surface area contributed by atoms with Crippen molar-refractivity contribution in [2.24, 2.45) is 0 Å². The predicted molar refractivity (Wildman–Crippen MR) is 85.4 cm³/mol. The van der Waals surface area contributed by atoms with Crippen LogP contribution in [0.4, 0.5) is 10.1 Å². The third-order valence-corrected chi connectivity index (χ3v) is 3.06. The molecular formula is C17H18FN3O. The molecule has 0 unspecified atom stereocenters. The van der Waals surface area contributed by atoms with Crippen molar-refractivity contribution in [3.05, 3.63) is 72.3 Å². The summed E-state index contributed by atoms with van der Waals surface area (Å²) in [5.74, 6) is -0.487. The first-order valence-electron chi connectivity index (χ1n) is 7.02. The lowest BCUT2D eigenvalue weighted by Gasteiger charge is -2.06. The summed E-state index contributed by atoms with van der Waals surface area (Å²) in [4.78, 5) is 16.1. The van der Waals surface area contributed by atoms with Crippen LogP contribution in [0.25, 0.3) is 0 Å². The third kappa shape index (κ3) is 4.70. The van der Waals surface area contributed by atoms with Gasteiger partial charge in [0.05, 0.1) is 11.9 Å². The van der Waals surface area contributed by atoms with Crippen molar-refractivity contribution in [2.75, 3.05) is 18.4 Å². The van der Waals surface area contributed by atoms with Gasteiger partial charge in [-0.15, -0.1) is 6.58 Å². The van der Waals surface area contributed by atoms with Gasteiger partial charge in [0.1, 0.15) is 11.5 Å². The number of hydrogen-bond donors (Lipinski definition) is 2. The number of amides is 1. The van der Waals surface area contributed by atoms with E-state index in [-0.39, 0.29) is 11.7 Å². The van der Waals surface area contributed by atoms with Crippen molar-refractivity contribution in [3.8, 4) is 0 Å². The summed E-state index contributed by atoms with van der Waals surface area (Å²) in [7, 11) is 0. The molecule has 0 aliphatic rings. The molecule has 0 radical (unpaired) electrons. The molecule has 1 aromatic heterocycles. The normalized spacial score (nSPS) is 10.0. The number of benzene rings is 1. The molecule has 0 bridgehead atoms. The Morgan fingerprint density at radius 2 is 2.00 bits per heavy atom.